The zero-order chi connectivity index (χ0) is 11.3. The van der Waals surface area contributed by atoms with Crippen molar-refractivity contribution in [2.24, 2.45) is 11.7 Å². The maximum atomic E-state index is 11.5. The number of hydrogen-bond acceptors (Lipinski definition) is 2. The third-order valence-electron chi connectivity index (χ3n) is 3.20. The average Bonchev–Trinajstić information content (AvgIpc) is 2.26. The minimum Gasteiger partial charge on any atom is -0.351 e. The highest BCUT2D eigenvalue weighted by atomic mass is 16.2. The van der Waals surface area contributed by atoms with Crippen LogP contribution in [0.1, 0.15) is 44.9 Å². The summed E-state index contributed by atoms with van der Waals surface area (Å²) in [6.45, 7) is 0. The van der Waals surface area contributed by atoms with Crippen LogP contribution in [-0.4, -0.2) is 23.9 Å². The lowest BCUT2D eigenvalue weighted by atomic mass is 9.86. The molecule has 1 saturated carbocycles. The molecule has 15 heavy (non-hydrogen) atoms. The van der Waals surface area contributed by atoms with Crippen LogP contribution in [0.2, 0.25) is 0 Å². The molecule has 0 bridgehead atoms. The third kappa shape index (κ3) is 3.90. The van der Waals surface area contributed by atoms with Crippen molar-refractivity contribution < 1.29 is 9.59 Å². The second-order valence-corrected chi connectivity index (χ2v) is 4.33. The Labute approximate surface area is 90.8 Å². The Morgan fingerprint density at radius 2 is 1.87 bits per heavy atom. The molecule has 0 aromatic heterocycles. The fraction of sp³-hybridized carbons (Fsp3) is 0.818. The average molecular weight is 212 g/mol. The van der Waals surface area contributed by atoms with Crippen molar-refractivity contribution in [2.75, 3.05) is 7.05 Å². The predicted molar refractivity (Wildman–Crippen MR) is 58.2 cm³/mol. The summed E-state index contributed by atoms with van der Waals surface area (Å²) in [6, 6.07) is -0.663. The van der Waals surface area contributed by atoms with Gasteiger partial charge in [-0.3, -0.25) is 9.69 Å². The van der Waals surface area contributed by atoms with E-state index in [0.717, 1.165) is 11.3 Å². The van der Waals surface area contributed by atoms with Gasteiger partial charge in [-0.25, -0.2) is 4.79 Å². The Kier molecular flexibility index (Phi) is 4.59. The largest absolute Gasteiger partial charge is 0.351 e. The summed E-state index contributed by atoms with van der Waals surface area (Å²) >= 11 is 0. The molecule has 1 fully saturated rings. The maximum absolute atomic E-state index is 11.5. The van der Waals surface area contributed by atoms with Gasteiger partial charge < -0.3 is 5.73 Å². The summed E-state index contributed by atoms with van der Waals surface area (Å²) in [5.74, 6) is 0.511. The first-order chi connectivity index (χ1) is 7.11. The molecule has 1 rings (SSSR count). The molecule has 0 saturated heterocycles. The predicted octanol–water partition coefficient (Wildman–Crippen LogP) is 1.88. The Balaban J connectivity index is 2.23. The van der Waals surface area contributed by atoms with E-state index in [9.17, 15) is 9.59 Å². The van der Waals surface area contributed by atoms with Crippen LogP contribution < -0.4 is 5.73 Å². The van der Waals surface area contributed by atoms with E-state index in [1.165, 1.54) is 39.2 Å². The van der Waals surface area contributed by atoms with Crippen LogP contribution in [0.3, 0.4) is 0 Å². The van der Waals surface area contributed by atoms with Crippen molar-refractivity contribution in [3.8, 4) is 0 Å². The van der Waals surface area contributed by atoms with Crippen LogP contribution in [0.5, 0.6) is 0 Å². The molecule has 3 amide bonds. The normalized spacial score (nSPS) is 17.4. The Morgan fingerprint density at radius 1 is 1.27 bits per heavy atom. The second-order valence-electron chi connectivity index (χ2n) is 4.33. The highest BCUT2D eigenvalue weighted by molar-refractivity contribution is 5.93. The Hall–Kier alpha value is -1.06. The molecular weight excluding hydrogens is 192 g/mol. The van der Waals surface area contributed by atoms with E-state index in [-0.39, 0.29) is 5.91 Å². The summed E-state index contributed by atoms with van der Waals surface area (Å²) in [6.07, 6.45) is 7.70. The summed E-state index contributed by atoms with van der Waals surface area (Å²) in [5, 5.41) is 0. The van der Waals surface area contributed by atoms with Crippen LogP contribution >= 0.6 is 0 Å². The van der Waals surface area contributed by atoms with Crippen molar-refractivity contribution in [3.63, 3.8) is 0 Å². The SMILES string of the molecule is CN(C(N)=O)C(=O)CCC1CCCCC1. The summed E-state index contributed by atoms with van der Waals surface area (Å²) in [4.78, 5) is 23.2. The first-order valence-electron chi connectivity index (χ1n) is 5.67. The number of urea groups is 1. The van der Waals surface area contributed by atoms with E-state index in [0.29, 0.717) is 12.3 Å². The number of carbonyl (C=O) groups excluding carboxylic acids is 2. The van der Waals surface area contributed by atoms with Crippen LogP contribution in [0, 0.1) is 5.92 Å². The summed E-state index contributed by atoms with van der Waals surface area (Å²) in [5.41, 5.74) is 5.01. The van der Waals surface area contributed by atoms with Gasteiger partial charge in [0, 0.05) is 13.5 Å². The molecule has 0 atom stereocenters. The smallest absolute Gasteiger partial charge is 0.321 e. The molecule has 1 aliphatic carbocycles. The maximum Gasteiger partial charge on any atom is 0.321 e. The molecule has 4 nitrogen and oxygen atoms in total. The summed E-state index contributed by atoms with van der Waals surface area (Å²) < 4.78 is 0. The number of amides is 3. The van der Waals surface area contributed by atoms with Gasteiger partial charge in [-0.2, -0.15) is 0 Å². The number of nitrogens with zero attached hydrogens (tertiary/aromatic N) is 1. The number of hydrogen-bond donors (Lipinski definition) is 1. The number of carbonyl (C=O) groups is 2. The van der Waals surface area contributed by atoms with Gasteiger partial charge in [0.25, 0.3) is 0 Å². The zero-order valence-electron chi connectivity index (χ0n) is 9.37. The van der Waals surface area contributed by atoms with Gasteiger partial charge in [0.15, 0.2) is 0 Å². The number of primary amides is 1. The Morgan fingerprint density at radius 3 is 2.40 bits per heavy atom. The number of imide groups is 1. The fourth-order valence-corrected chi connectivity index (χ4v) is 2.09. The van der Waals surface area contributed by atoms with E-state index in [1.807, 2.05) is 0 Å². The first-order valence-corrected chi connectivity index (χ1v) is 5.67. The van der Waals surface area contributed by atoms with Gasteiger partial charge >= 0.3 is 6.03 Å². The van der Waals surface area contributed by atoms with Crippen LogP contribution in [0.4, 0.5) is 4.79 Å². The lowest BCUT2D eigenvalue weighted by Gasteiger charge is -2.21. The molecular formula is C11H20N2O2. The zero-order valence-corrected chi connectivity index (χ0v) is 9.37. The number of rotatable bonds is 3. The lowest BCUT2D eigenvalue weighted by Crippen LogP contribution is -2.37. The monoisotopic (exact) mass is 212 g/mol. The molecule has 0 aromatic carbocycles. The van der Waals surface area contributed by atoms with Crippen molar-refractivity contribution in [2.45, 2.75) is 44.9 Å². The molecule has 0 aromatic rings. The molecule has 86 valence electrons. The van der Waals surface area contributed by atoms with Gasteiger partial charge in [-0.1, -0.05) is 32.1 Å². The quantitative estimate of drug-likeness (QED) is 0.776. The lowest BCUT2D eigenvalue weighted by molar-refractivity contribution is -0.127. The topological polar surface area (TPSA) is 63.4 Å². The molecule has 2 N–H and O–H groups in total. The molecule has 0 aliphatic heterocycles. The Bertz CT molecular complexity index is 235. The molecule has 1 aliphatic rings. The second kappa shape index (κ2) is 5.73. The highest BCUT2D eigenvalue weighted by Crippen LogP contribution is 2.27. The van der Waals surface area contributed by atoms with Crippen molar-refractivity contribution in [1.82, 2.24) is 4.90 Å². The minimum atomic E-state index is -0.663. The standard InChI is InChI=1S/C11H20N2O2/c1-13(11(12)15)10(14)8-7-9-5-3-2-4-6-9/h9H,2-8H2,1H3,(H2,12,15). The van der Waals surface area contributed by atoms with Crippen LogP contribution in [-0.2, 0) is 4.79 Å². The van der Waals surface area contributed by atoms with E-state index in [1.54, 1.807) is 0 Å². The fourth-order valence-electron chi connectivity index (χ4n) is 2.09. The van der Waals surface area contributed by atoms with Crippen molar-refractivity contribution in [3.05, 3.63) is 0 Å². The minimum absolute atomic E-state index is 0.159. The van der Waals surface area contributed by atoms with Crippen LogP contribution in [0.25, 0.3) is 0 Å². The van der Waals surface area contributed by atoms with E-state index < -0.39 is 6.03 Å². The number of nitrogens with two attached hydrogens (primary N) is 1. The van der Waals surface area contributed by atoms with Crippen molar-refractivity contribution >= 4 is 11.9 Å². The highest BCUT2D eigenvalue weighted by Gasteiger charge is 2.18. The molecule has 0 heterocycles. The molecule has 0 unspecified atom stereocenters. The van der Waals surface area contributed by atoms with Gasteiger partial charge in [-0.15, -0.1) is 0 Å². The molecule has 0 spiro atoms. The molecule has 4 heteroatoms. The third-order valence-corrected chi connectivity index (χ3v) is 3.20. The summed E-state index contributed by atoms with van der Waals surface area (Å²) in [7, 11) is 1.44. The first kappa shape index (κ1) is 12.0. The van der Waals surface area contributed by atoms with Crippen molar-refractivity contribution in [1.29, 1.82) is 0 Å². The van der Waals surface area contributed by atoms with Gasteiger partial charge in [0.1, 0.15) is 0 Å². The molecule has 0 radical (unpaired) electrons. The van der Waals surface area contributed by atoms with Gasteiger partial charge in [0.2, 0.25) is 5.91 Å². The van der Waals surface area contributed by atoms with Gasteiger partial charge in [0.05, 0.1) is 0 Å². The van der Waals surface area contributed by atoms with E-state index >= 15 is 0 Å². The van der Waals surface area contributed by atoms with Crippen LogP contribution in [0.15, 0.2) is 0 Å². The van der Waals surface area contributed by atoms with E-state index in [4.69, 9.17) is 5.73 Å². The van der Waals surface area contributed by atoms with E-state index in [2.05, 4.69) is 0 Å². The van der Waals surface area contributed by atoms with Gasteiger partial charge in [-0.05, 0) is 12.3 Å².